The van der Waals surface area contributed by atoms with E-state index in [2.05, 4.69) is 0 Å². The average molecular weight is 364 g/mol. The summed E-state index contributed by atoms with van der Waals surface area (Å²) >= 11 is 12.7. The Morgan fingerprint density at radius 3 is 2.83 bits per heavy atom. The van der Waals surface area contributed by atoms with Crippen molar-refractivity contribution in [2.24, 2.45) is 0 Å². The second-order valence-electron chi connectivity index (χ2n) is 5.02. The highest BCUT2D eigenvalue weighted by Gasteiger charge is 2.31. The molecule has 0 saturated carbocycles. The molecule has 0 bridgehead atoms. The van der Waals surface area contributed by atoms with Gasteiger partial charge >= 0.3 is 0 Å². The standard InChI is InChI=1S/C17H14ClNO2S2/c1-2-9-19-16(20)15(23-17(19)22)10-11-7-8-14(21-11)12-5-3-4-6-13(12)18/h3-8,10H,2,9H2,1H3/b15-10+. The largest absolute Gasteiger partial charge is 0.457 e. The highest BCUT2D eigenvalue weighted by Crippen LogP contribution is 2.34. The van der Waals surface area contributed by atoms with E-state index in [1.165, 1.54) is 11.8 Å². The molecule has 1 aromatic carbocycles. The number of thioether (sulfide) groups is 1. The molecule has 0 aliphatic carbocycles. The Balaban J connectivity index is 1.86. The van der Waals surface area contributed by atoms with Crippen LogP contribution < -0.4 is 0 Å². The van der Waals surface area contributed by atoms with E-state index < -0.39 is 0 Å². The molecule has 1 aromatic heterocycles. The lowest BCUT2D eigenvalue weighted by Crippen LogP contribution is -2.28. The lowest BCUT2D eigenvalue weighted by atomic mass is 10.2. The lowest BCUT2D eigenvalue weighted by molar-refractivity contribution is -0.122. The van der Waals surface area contributed by atoms with E-state index in [-0.39, 0.29) is 5.91 Å². The van der Waals surface area contributed by atoms with Gasteiger partial charge in [0.15, 0.2) is 0 Å². The van der Waals surface area contributed by atoms with Crippen LogP contribution in [0.2, 0.25) is 5.02 Å². The maximum absolute atomic E-state index is 12.3. The Kier molecular flexibility index (Phi) is 4.90. The second kappa shape index (κ2) is 6.91. The predicted octanol–water partition coefficient (Wildman–Crippen LogP) is 5.21. The van der Waals surface area contributed by atoms with E-state index in [4.69, 9.17) is 28.2 Å². The minimum absolute atomic E-state index is 0.0578. The van der Waals surface area contributed by atoms with Crippen molar-refractivity contribution in [3.8, 4) is 11.3 Å². The Hall–Kier alpha value is -1.56. The summed E-state index contributed by atoms with van der Waals surface area (Å²) in [7, 11) is 0. The summed E-state index contributed by atoms with van der Waals surface area (Å²) in [6.07, 6.45) is 2.60. The van der Waals surface area contributed by atoms with Crippen molar-refractivity contribution in [1.82, 2.24) is 4.90 Å². The normalized spacial score (nSPS) is 16.6. The second-order valence-corrected chi connectivity index (χ2v) is 7.10. The molecular formula is C17H14ClNO2S2. The van der Waals surface area contributed by atoms with Gasteiger partial charge in [-0.1, -0.05) is 54.6 Å². The molecule has 1 aliphatic heterocycles. The zero-order valence-corrected chi connectivity index (χ0v) is 14.8. The van der Waals surface area contributed by atoms with Gasteiger partial charge in [-0.15, -0.1) is 0 Å². The molecule has 23 heavy (non-hydrogen) atoms. The van der Waals surface area contributed by atoms with E-state index in [0.717, 1.165) is 12.0 Å². The van der Waals surface area contributed by atoms with Gasteiger partial charge in [0.05, 0.1) is 9.93 Å². The molecular weight excluding hydrogens is 350 g/mol. The molecule has 1 saturated heterocycles. The number of furan rings is 1. The van der Waals surface area contributed by atoms with E-state index in [0.29, 0.717) is 32.3 Å². The minimum atomic E-state index is -0.0578. The molecule has 3 nitrogen and oxygen atoms in total. The molecule has 0 unspecified atom stereocenters. The number of nitrogens with zero attached hydrogens (tertiary/aromatic N) is 1. The SMILES string of the molecule is CCCN1C(=O)/C(=C\c2ccc(-c3ccccc3Cl)o2)SC1=S. The Labute approximate surface area is 149 Å². The molecule has 0 spiro atoms. The first kappa shape index (κ1) is 16.3. The fourth-order valence-corrected chi connectivity index (χ4v) is 3.80. The van der Waals surface area contributed by atoms with Gasteiger partial charge in [0, 0.05) is 18.2 Å². The van der Waals surface area contributed by atoms with Crippen molar-refractivity contribution in [3.05, 3.63) is 52.1 Å². The number of carbonyl (C=O) groups is 1. The number of carbonyl (C=O) groups excluding carboxylic acids is 1. The Morgan fingerprint density at radius 2 is 2.09 bits per heavy atom. The third kappa shape index (κ3) is 3.37. The van der Waals surface area contributed by atoms with Gasteiger partial charge in [0.2, 0.25) is 0 Å². The van der Waals surface area contributed by atoms with E-state index in [1.54, 1.807) is 11.0 Å². The maximum atomic E-state index is 12.3. The van der Waals surface area contributed by atoms with Crippen molar-refractivity contribution >= 4 is 51.9 Å². The topological polar surface area (TPSA) is 33.5 Å². The average Bonchev–Trinajstić information content (AvgIpc) is 3.09. The molecule has 6 heteroatoms. The van der Waals surface area contributed by atoms with Gasteiger partial charge in [0.1, 0.15) is 15.8 Å². The molecule has 1 amide bonds. The van der Waals surface area contributed by atoms with Crippen LogP contribution in [0.1, 0.15) is 19.1 Å². The van der Waals surface area contributed by atoms with Gasteiger partial charge in [-0.2, -0.15) is 0 Å². The number of hydrogen-bond donors (Lipinski definition) is 0. The summed E-state index contributed by atoms with van der Waals surface area (Å²) in [6, 6.07) is 11.2. The van der Waals surface area contributed by atoms with Gasteiger partial charge in [-0.3, -0.25) is 9.69 Å². The molecule has 0 N–H and O–H groups in total. The van der Waals surface area contributed by atoms with Crippen molar-refractivity contribution < 1.29 is 9.21 Å². The number of amides is 1. The fraction of sp³-hybridized carbons (Fsp3) is 0.176. The van der Waals surface area contributed by atoms with Crippen molar-refractivity contribution in [1.29, 1.82) is 0 Å². The molecule has 1 aliphatic rings. The number of benzene rings is 1. The highest BCUT2D eigenvalue weighted by atomic mass is 35.5. The van der Waals surface area contributed by atoms with Crippen LogP contribution in [-0.2, 0) is 4.79 Å². The Bertz CT molecular complexity index is 797. The summed E-state index contributed by atoms with van der Waals surface area (Å²) in [6.45, 7) is 2.66. The van der Waals surface area contributed by atoms with Crippen LogP contribution in [0, 0.1) is 0 Å². The summed E-state index contributed by atoms with van der Waals surface area (Å²) in [5, 5.41) is 0.627. The van der Waals surface area contributed by atoms with Crippen LogP contribution in [0.5, 0.6) is 0 Å². The van der Waals surface area contributed by atoms with E-state index >= 15 is 0 Å². The first-order valence-electron chi connectivity index (χ1n) is 7.20. The molecule has 2 heterocycles. The van der Waals surface area contributed by atoms with Crippen molar-refractivity contribution in [2.45, 2.75) is 13.3 Å². The van der Waals surface area contributed by atoms with Crippen LogP contribution in [-0.4, -0.2) is 21.7 Å². The van der Waals surface area contributed by atoms with E-state index in [9.17, 15) is 4.79 Å². The van der Waals surface area contributed by atoms with Crippen molar-refractivity contribution in [3.63, 3.8) is 0 Å². The van der Waals surface area contributed by atoms with Crippen LogP contribution in [0.3, 0.4) is 0 Å². The minimum Gasteiger partial charge on any atom is -0.457 e. The van der Waals surface area contributed by atoms with Crippen molar-refractivity contribution in [2.75, 3.05) is 6.54 Å². The summed E-state index contributed by atoms with van der Waals surface area (Å²) < 4.78 is 6.40. The fourth-order valence-electron chi connectivity index (χ4n) is 2.28. The van der Waals surface area contributed by atoms with Gasteiger partial charge in [-0.25, -0.2) is 0 Å². The number of hydrogen-bond acceptors (Lipinski definition) is 4. The number of halogens is 1. The summed E-state index contributed by atoms with van der Waals surface area (Å²) in [5.41, 5.74) is 0.826. The maximum Gasteiger partial charge on any atom is 0.266 e. The summed E-state index contributed by atoms with van der Waals surface area (Å²) in [5.74, 6) is 1.22. The molecule has 0 atom stereocenters. The van der Waals surface area contributed by atoms with Gasteiger partial charge in [-0.05, 0) is 30.7 Å². The highest BCUT2D eigenvalue weighted by molar-refractivity contribution is 8.26. The molecule has 118 valence electrons. The number of rotatable bonds is 4. The van der Waals surface area contributed by atoms with Crippen LogP contribution in [0.4, 0.5) is 0 Å². The molecule has 1 fully saturated rings. The third-order valence-electron chi connectivity index (χ3n) is 3.36. The monoisotopic (exact) mass is 363 g/mol. The number of thiocarbonyl (C=S) groups is 1. The first-order chi connectivity index (χ1) is 11.1. The quantitative estimate of drug-likeness (QED) is 0.551. The van der Waals surface area contributed by atoms with Crippen LogP contribution in [0.25, 0.3) is 17.4 Å². The molecule has 0 radical (unpaired) electrons. The predicted molar refractivity (Wildman–Crippen MR) is 99.3 cm³/mol. The molecule has 3 rings (SSSR count). The summed E-state index contributed by atoms with van der Waals surface area (Å²) in [4.78, 5) is 14.5. The lowest BCUT2D eigenvalue weighted by Gasteiger charge is -2.11. The zero-order valence-electron chi connectivity index (χ0n) is 12.4. The molecule has 2 aromatic rings. The van der Waals surface area contributed by atoms with Crippen LogP contribution in [0.15, 0.2) is 45.7 Å². The Morgan fingerprint density at radius 1 is 1.30 bits per heavy atom. The first-order valence-corrected chi connectivity index (χ1v) is 8.80. The van der Waals surface area contributed by atoms with Crippen LogP contribution >= 0.6 is 35.6 Å². The smallest absolute Gasteiger partial charge is 0.266 e. The van der Waals surface area contributed by atoms with E-state index in [1.807, 2.05) is 43.3 Å². The van der Waals surface area contributed by atoms with Gasteiger partial charge < -0.3 is 4.42 Å². The van der Waals surface area contributed by atoms with Gasteiger partial charge in [0.25, 0.3) is 5.91 Å². The third-order valence-corrected chi connectivity index (χ3v) is 5.07. The zero-order chi connectivity index (χ0) is 16.4.